The van der Waals surface area contributed by atoms with E-state index in [1.165, 1.54) is 25.7 Å². The van der Waals surface area contributed by atoms with Gasteiger partial charge in [-0.15, -0.1) is 0 Å². The molecule has 1 aliphatic rings. The van der Waals surface area contributed by atoms with E-state index in [1.807, 2.05) is 0 Å². The van der Waals surface area contributed by atoms with E-state index in [0.717, 1.165) is 6.61 Å². The van der Waals surface area contributed by atoms with E-state index in [4.69, 9.17) is 14.9 Å². The van der Waals surface area contributed by atoms with Crippen LogP contribution in [0.4, 0.5) is 0 Å². The summed E-state index contributed by atoms with van der Waals surface area (Å²) in [5.41, 5.74) is 0. The lowest BCUT2D eigenvalue weighted by Gasteiger charge is -2.05. The Kier molecular flexibility index (Phi) is 8.88. The van der Waals surface area contributed by atoms with Gasteiger partial charge in [0.15, 0.2) is 0 Å². The highest BCUT2D eigenvalue weighted by atomic mass is 16.5. The fraction of sp³-hybridized carbons (Fsp3) is 1.00. The van der Waals surface area contributed by atoms with Crippen LogP contribution in [-0.2, 0) is 4.74 Å². The zero-order chi connectivity index (χ0) is 9.23. The summed E-state index contributed by atoms with van der Waals surface area (Å²) in [5.74, 6) is 0. The van der Waals surface area contributed by atoms with Gasteiger partial charge < -0.3 is 14.9 Å². The second-order valence-electron chi connectivity index (χ2n) is 2.98. The molecule has 0 aromatic heterocycles. The third-order valence-corrected chi connectivity index (χ3v) is 1.76. The summed E-state index contributed by atoms with van der Waals surface area (Å²) in [6.45, 7) is 2.90. The number of rotatable bonds is 1. The smallest absolute Gasteiger partial charge is 0.0662 e. The van der Waals surface area contributed by atoms with Crippen molar-refractivity contribution in [3.05, 3.63) is 0 Å². The first-order chi connectivity index (χ1) is 5.81. The molecule has 0 aliphatic carbocycles. The fourth-order valence-electron chi connectivity index (χ4n) is 1.08. The topological polar surface area (TPSA) is 49.7 Å². The Balaban J connectivity index is 0.000000261. The highest BCUT2D eigenvalue weighted by Gasteiger charge is 2.04. The summed E-state index contributed by atoms with van der Waals surface area (Å²) in [5, 5.41) is 15.2. The molecule has 3 nitrogen and oxygen atoms in total. The maximum Gasteiger partial charge on any atom is 0.0662 e. The molecule has 74 valence electrons. The first-order valence-electron chi connectivity index (χ1n) is 4.64. The Morgan fingerprint density at radius 2 is 1.83 bits per heavy atom. The summed E-state index contributed by atoms with van der Waals surface area (Å²) in [7, 11) is 0. The second-order valence-corrected chi connectivity index (χ2v) is 2.98. The van der Waals surface area contributed by atoms with Crippen molar-refractivity contribution in [3.8, 4) is 0 Å². The van der Waals surface area contributed by atoms with Gasteiger partial charge in [0.1, 0.15) is 0 Å². The van der Waals surface area contributed by atoms with E-state index in [0.29, 0.717) is 6.10 Å². The van der Waals surface area contributed by atoms with E-state index in [-0.39, 0.29) is 13.2 Å². The zero-order valence-corrected chi connectivity index (χ0v) is 7.83. The van der Waals surface area contributed by atoms with E-state index < -0.39 is 0 Å². The summed E-state index contributed by atoms with van der Waals surface area (Å²) in [6, 6.07) is 0. The van der Waals surface area contributed by atoms with Crippen LogP contribution in [0.2, 0.25) is 0 Å². The number of aliphatic hydroxyl groups is 2. The Labute approximate surface area is 74.4 Å². The van der Waals surface area contributed by atoms with E-state index in [2.05, 4.69) is 6.92 Å². The number of hydrogen-bond acceptors (Lipinski definition) is 3. The molecule has 1 rings (SSSR count). The van der Waals surface area contributed by atoms with Crippen LogP contribution in [0.1, 0.15) is 32.6 Å². The largest absolute Gasteiger partial charge is 0.394 e. The summed E-state index contributed by atoms with van der Waals surface area (Å²) in [6.07, 6.45) is 5.79. The van der Waals surface area contributed by atoms with Gasteiger partial charge in [-0.05, 0) is 19.8 Å². The van der Waals surface area contributed by atoms with Crippen LogP contribution in [0.15, 0.2) is 0 Å². The summed E-state index contributed by atoms with van der Waals surface area (Å²) >= 11 is 0. The molecule has 0 aromatic rings. The molecule has 1 fully saturated rings. The highest BCUT2D eigenvalue weighted by molar-refractivity contribution is 4.55. The predicted molar refractivity (Wildman–Crippen MR) is 48.1 cm³/mol. The van der Waals surface area contributed by atoms with Crippen LogP contribution < -0.4 is 0 Å². The van der Waals surface area contributed by atoms with Crippen LogP contribution >= 0.6 is 0 Å². The van der Waals surface area contributed by atoms with Crippen LogP contribution in [0.5, 0.6) is 0 Å². The molecule has 0 amide bonds. The number of hydrogen-bond donors (Lipinski definition) is 2. The van der Waals surface area contributed by atoms with Crippen molar-refractivity contribution in [3.63, 3.8) is 0 Å². The first-order valence-corrected chi connectivity index (χ1v) is 4.64. The van der Waals surface area contributed by atoms with Crippen LogP contribution in [0.3, 0.4) is 0 Å². The minimum atomic E-state index is -0.125. The van der Waals surface area contributed by atoms with Gasteiger partial charge in [-0.1, -0.05) is 12.8 Å². The molecule has 1 saturated heterocycles. The van der Waals surface area contributed by atoms with Crippen molar-refractivity contribution >= 4 is 0 Å². The Hall–Kier alpha value is -0.120. The van der Waals surface area contributed by atoms with Crippen LogP contribution in [0, 0.1) is 0 Å². The molecule has 0 aromatic carbocycles. The van der Waals surface area contributed by atoms with Gasteiger partial charge in [0, 0.05) is 6.61 Å². The molecule has 12 heavy (non-hydrogen) atoms. The molecular formula is C9H20O3. The summed E-state index contributed by atoms with van der Waals surface area (Å²) in [4.78, 5) is 0. The molecule has 0 bridgehead atoms. The normalized spacial score (nSPS) is 23.8. The molecule has 2 N–H and O–H groups in total. The molecule has 0 saturated carbocycles. The minimum absolute atomic E-state index is 0.125. The fourth-order valence-corrected chi connectivity index (χ4v) is 1.08. The van der Waals surface area contributed by atoms with Crippen molar-refractivity contribution in [2.45, 2.75) is 38.7 Å². The van der Waals surface area contributed by atoms with Gasteiger partial charge in [0.2, 0.25) is 0 Å². The van der Waals surface area contributed by atoms with Crippen LogP contribution in [0.25, 0.3) is 0 Å². The van der Waals surface area contributed by atoms with E-state index >= 15 is 0 Å². The Morgan fingerprint density at radius 3 is 2.42 bits per heavy atom. The molecule has 3 heteroatoms. The lowest BCUT2D eigenvalue weighted by atomic mass is 10.2. The van der Waals surface area contributed by atoms with Gasteiger partial charge >= 0.3 is 0 Å². The zero-order valence-electron chi connectivity index (χ0n) is 7.83. The van der Waals surface area contributed by atoms with Gasteiger partial charge in [0.05, 0.1) is 19.3 Å². The maximum absolute atomic E-state index is 7.62. The molecule has 1 aliphatic heterocycles. The van der Waals surface area contributed by atoms with Crippen molar-refractivity contribution < 1.29 is 14.9 Å². The monoisotopic (exact) mass is 176 g/mol. The molecule has 1 heterocycles. The van der Waals surface area contributed by atoms with E-state index in [9.17, 15) is 0 Å². The number of ether oxygens (including phenoxy) is 1. The lowest BCUT2D eigenvalue weighted by Crippen LogP contribution is -2.04. The van der Waals surface area contributed by atoms with Gasteiger partial charge in [-0.25, -0.2) is 0 Å². The highest BCUT2D eigenvalue weighted by Crippen LogP contribution is 2.11. The molecule has 1 unspecified atom stereocenters. The molecule has 1 atom stereocenters. The maximum atomic E-state index is 7.62. The number of aliphatic hydroxyl groups excluding tert-OH is 2. The van der Waals surface area contributed by atoms with Crippen LogP contribution in [-0.4, -0.2) is 36.1 Å². The van der Waals surface area contributed by atoms with Crippen molar-refractivity contribution in [1.82, 2.24) is 0 Å². The predicted octanol–water partition coefficient (Wildman–Crippen LogP) is 0.936. The van der Waals surface area contributed by atoms with Crippen molar-refractivity contribution in [1.29, 1.82) is 0 Å². The minimum Gasteiger partial charge on any atom is -0.394 e. The standard InChI is InChI=1S/C7H14O.C2H6O2/c1-7-5-3-2-4-6-8-7;3-1-2-4/h7H,2-6H2,1H3;3-4H,1-2H2. The lowest BCUT2D eigenvalue weighted by molar-refractivity contribution is 0.0722. The molecule has 0 radical (unpaired) electrons. The SMILES string of the molecule is CC1CCCCCO1.OCCO. The average molecular weight is 176 g/mol. The van der Waals surface area contributed by atoms with Gasteiger partial charge in [-0.3, -0.25) is 0 Å². The first kappa shape index (κ1) is 11.9. The third kappa shape index (κ3) is 7.98. The second kappa shape index (κ2) is 8.97. The molecular weight excluding hydrogens is 156 g/mol. The van der Waals surface area contributed by atoms with E-state index in [1.54, 1.807) is 0 Å². The Bertz CT molecular complexity index is 75.8. The third-order valence-electron chi connectivity index (χ3n) is 1.76. The quantitative estimate of drug-likeness (QED) is 0.625. The average Bonchev–Trinajstić information content (AvgIpc) is 2.33. The van der Waals surface area contributed by atoms with Gasteiger partial charge in [-0.2, -0.15) is 0 Å². The summed E-state index contributed by atoms with van der Waals surface area (Å²) < 4.78 is 5.40. The van der Waals surface area contributed by atoms with Gasteiger partial charge in [0.25, 0.3) is 0 Å². The molecule has 0 spiro atoms. The van der Waals surface area contributed by atoms with Crippen molar-refractivity contribution in [2.24, 2.45) is 0 Å². The Morgan fingerprint density at radius 1 is 1.17 bits per heavy atom. The van der Waals surface area contributed by atoms with Crippen molar-refractivity contribution in [2.75, 3.05) is 19.8 Å².